The molecule has 1 aromatic rings. The predicted molar refractivity (Wildman–Crippen MR) is 110 cm³/mol. The molecule has 2 rings (SSSR count). The fourth-order valence-corrected chi connectivity index (χ4v) is 3.30. The Kier molecular flexibility index (Phi) is 9.42. The van der Waals surface area contributed by atoms with Crippen LogP contribution in [0.15, 0.2) is 29.3 Å². The Morgan fingerprint density at radius 1 is 1.26 bits per heavy atom. The van der Waals surface area contributed by atoms with E-state index in [9.17, 15) is 0 Å². The summed E-state index contributed by atoms with van der Waals surface area (Å²) in [6.07, 6.45) is 1.13. The maximum absolute atomic E-state index is 5.99. The van der Waals surface area contributed by atoms with Gasteiger partial charge < -0.3 is 24.4 Å². The highest BCUT2D eigenvalue weighted by atomic mass is 16.5. The third-order valence-electron chi connectivity index (χ3n) is 4.77. The summed E-state index contributed by atoms with van der Waals surface area (Å²) in [6.45, 7) is 9.79. The SMILES string of the molecule is CN=C(NCCOc1ccccc1C(C)C)N1CCC(COCCOC)C1. The highest BCUT2D eigenvalue weighted by Gasteiger charge is 2.24. The summed E-state index contributed by atoms with van der Waals surface area (Å²) in [5, 5.41) is 3.42. The predicted octanol–water partition coefficient (Wildman–Crippen LogP) is 2.75. The molecular weight excluding hydrogens is 342 g/mol. The maximum Gasteiger partial charge on any atom is 0.193 e. The van der Waals surface area contributed by atoms with Crippen molar-refractivity contribution >= 4 is 5.96 Å². The molecule has 6 nitrogen and oxygen atoms in total. The number of hydrogen-bond acceptors (Lipinski definition) is 4. The van der Waals surface area contributed by atoms with E-state index >= 15 is 0 Å². The molecule has 1 unspecified atom stereocenters. The van der Waals surface area contributed by atoms with Crippen LogP contribution in [0, 0.1) is 5.92 Å². The molecule has 0 radical (unpaired) electrons. The zero-order chi connectivity index (χ0) is 19.5. The van der Waals surface area contributed by atoms with Gasteiger partial charge in [0.1, 0.15) is 12.4 Å². The minimum atomic E-state index is 0.453. The Labute approximate surface area is 163 Å². The Bertz CT molecular complexity index is 578. The lowest BCUT2D eigenvalue weighted by molar-refractivity contribution is 0.0536. The van der Waals surface area contributed by atoms with E-state index in [1.54, 1.807) is 7.11 Å². The number of rotatable bonds is 10. The van der Waals surface area contributed by atoms with Crippen molar-refractivity contribution in [1.29, 1.82) is 0 Å². The first-order valence-corrected chi connectivity index (χ1v) is 9.89. The average Bonchev–Trinajstić information content (AvgIpc) is 3.14. The summed E-state index contributed by atoms with van der Waals surface area (Å²) in [5.74, 6) is 2.91. The van der Waals surface area contributed by atoms with Crippen LogP contribution in [0.25, 0.3) is 0 Å². The lowest BCUT2D eigenvalue weighted by atomic mass is 10.0. The molecule has 6 heteroatoms. The van der Waals surface area contributed by atoms with Crippen LogP contribution in [0.1, 0.15) is 31.7 Å². The van der Waals surface area contributed by atoms with Gasteiger partial charge in [0.25, 0.3) is 0 Å². The number of nitrogens with one attached hydrogen (secondary N) is 1. The normalized spacial score (nSPS) is 17.6. The van der Waals surface area contributed by atoms with Crippen molar-refractivity contribution in [3.05, 3.63) is 29.8 Å². The fraction of sp³-hybridized carbons (Fsp3) is 0.667. The molecule has 1 saturated heterocycles. The van der Waals surface area contributed by atoms with Crippen LogP contribution in [0.3, 0.4) is 0 Å². The summed E-state index contributed by atoms with van der Waals surface area (Å²) in [5.41, 5.74) is 1.25. The van der Waals surface area contributed by atoms with E-state index in [1.807, 2.05) is 19.2 Å². The standard InChI is InChI=1S/C21H35N3O3/c1-17(2)19-7-5-6-8-20(19)27-12-10-23-21(22-3)24-11-9-18(15-24)16-26-14-13-25-4/h5-8,17-18H,9-16H2,1-4H3,(H,22,23). The molecular formula is C21H35N3O3. The largest absolute Gasteiger partial charge is 0.491 e. The first-order valence-electron chi connectivity index (χ1n) is 9.89. The van der Waals surface area contributed by atoms with E-state index < -0.39 is 0 Å². The van der Waals surface area contributed by atoms with E-state index in [4.69, 9.17) is 14.2 Å². The van der Waals surface area contributed by atoms with E-state index in [0.29, 0.717) is 31.7 Å². The lowest BCUT2D eigenvalue weighted by Gasteiger charge is -2.22. The number of ether oxygens (including phenoxy) is 3. The number of guanidine groups is 1. The topological polar surface area (TPSA) is 55.3 Å². The highest BCUT2D eigenvalue weighted by molar-refractivity contribution is 5.80. The first kappa shape index (κ1) is 21.5. The quantitative estimate of drug-likeness (QED) is 0.386. The van der Waals surface area contributed by atoms with Crippen LogP contribution in [0.4, 0.5) is 0 Å². The third-order valence-corrected chi connectivity index (χ3v) is 4.77. The van der Waals surface area contributed by atoms with Crippen molar-refractivity contribution in [2.24, 2.45) is 10.9 Å². The van der Waals surface area contributed by atoms with Gasteiger partial charge in [-0.2, -0.15) is 0 Å². The fourth-order valence-electron chi connectivity index (χ4n) is 3.30. The van der Waals surface area contributed by atoms with Crippen LogP contribution in [-0.2, 0) is 9.47 Å². The van der Waals surface area contributed by atoms with Gasteiger partial charge >= 0.3 is 0 Å². The molecule has 0 spiro atoms. The van der Waals surface area contributed by atoms with Crippen LogP contribution < -0.4 is 10.1 Å². The summed E-state index contributed by atoms with van der Waals surface area (Å²) < 4.78 is 16.7. The van der Waals surface area contributed by atoms with Crippen molar-refractivity contribution in [2.45, 2.75) is 26.2 Å². The molecule has 1 atom stereocenters. The molecule has 0 saturated carbocycles. The zero-order valence-electron chi connectivity index (χ0n) is 17.2. The monoisotopic (exact) mass is 377 g/mol. The van der Waals surface area contributed by atoms with E-state index in [1.165, 1.54) is 5.56 Å². The molecule has 1 N–H and O–H groups in total. The Hall–Kier alpha value is -1.79. The van der Waals surface area contributed by atoms with Gasteiger partial charge in [0.2, 0.25) is 0 Å². The minimum absolute atomic E-state index is 0.453. The maximum atomic E-state index is 5.99. The number of aliphatic imine (C=N–C) groups is 1. The smallest absolute Gasteiger partial charge is 0.193 e. The molecule has 1 aromatic carbocycles. The van der Waals surface area contributed by atoms with E-state index in [-0.39, 0.29) is 0 Å². The second-order valence-corrected chi connectivity index (χ2v) is 7.18. The summed E-state index contributed by atoms with van der Waals surface area (Å²) in [4.78, 5) is 6.72. The summed E-state index contributed by atoms with van der Waals surface area (Å²) in [7, 11) is 3.53. The Morgan fingerprint density at radius 2 is 2.07 bits per heavy atom. The van der Waals surface area contributed by atoms with Crippen LogP contribution in [0.2, 0.25) is 0 Å². The zero-order valence-corrected chi connectivity index (χ0v) is 17.2. The summed E-state index contributed by atoms with van der Waals surface area (Å²) in [6, 6.07) is 8.25. The van der Waals surface area contributed by atoms with Crippen LogP contribution in [-0.4, -0.2) is 71.1 Å². The van der Waals surface area contributed by atoms with Gasteiger partial charge in [-0.15, -0.1) is 0 Å². The van der Waals surface area contributed by atoms with Gasteiger partial charge in [-0.1, -0.05) is 32.0 Å². The lowest BCUT2D eigenvalue weighted by Crippen LogP contribution is -2.41. The van der Waals surface area contributed by atoms with Gasteiger partial charge in [-0.3, -0.25) is 4.99 Å². The molecule has 1 heterocycles. The molecule has 152 valence electrons. The molecule has 0 aromatic heterocycles. The van der Waals surface area contributed by atoms with Gasteiger partial charge in [0.05, 0.1) is 26.4 Å². The van der Waals surface area contributed by atoms with Crippen molar-refractivity contribution < 1.29 is 14.2 Å². The van der Waals surface area contributed by atoms with Crippen molar-refractivity contribution in [2.75, 3.05) is 60.2 Å². The Morgan fingerprint density at radius 3 is 2.81 bits per heavy atom. The van der Waals surface area contributed by atoms with Gasteiger partial charge in [0, 0.05) is 33.2 Å². The molecule has 0 amide bonds. The molecule has 27 heavy (non-hydrogen) atoms. The van der Waals surface area contributed by atoms with Gasteiger partial charge in [-0.25, -0.2) is 0 Å². The second-order valence-electron chi connectivity index (χ2n) is 7.18. The van der Waals surface area contributed by atoms with Gasteiger partial charge in [0.15, 0.2) is 5.96 Å². The van der Waals surface area contributed by atoms with Crippen molar-refractivity contribution in [3.63, 3.8) is 0 Å². The van der Waals surface area contributed by atoms with Crippen LogP contribution in [0.5, 0.6) is 5.75 Å². The number of benzene rings is 1. The Balaban J connectivity index is 1.70. The number of hydrogen-bond donors (Lipinski definition) is 1. The average molecular weight is 378 g/mol. The summed E-state index contributed by atoms with van der Waals surface area (Å²) >= 11 is 0. The van der Waals surface area contributed by atoms with E-state index in [0.717, 1.165) is 44.4 Å². The number of para-hydroxylation sites is 1. The molecule has 0 aliphatic carbocycles. The number of methoxy groups -OCH3 is 1. The third kappa shape index (κ3) is 7.03. The molecule has 1 aliphatic heterocycles. The number of likely N-dealkylation sites (tertiary alicyclic amines) is 1. The molecule has 0 bridgehead atoms. The van der Waals surface area contributed by atoms with E-state index in [2.05, 4.69) is 41.2 Å². The van der Waals surface area contributed by atoms with Crippen molar-refractivity contribution in [1.82, 2.24) is 10.2 Å². The van der Waals surface area contributed by atoms with Crippen LogP contribution >= 0.6 is 0 Å². The van der Waals surface area contributed by atoms with Gasteiger partial charge in [-0.05, 0) is 24.0 Å². The number of nitrogens with zero attached hydrogens (tertiary/aromatic N) is 2. The minimum Gasteiger partial charge on any atom is -0.491 e. The molecule has 1 fully saturated rings. The van der Waals surface area contributed by atoms with Crippen molar-refractivity contribution in [3.8, 4) is 5.75 Å². The molecule has 1 aliphatic rings. The second kappa shape index (κ2) is 11.8. The highest BCUT2D eigenvalue weighted by Crippen LogP contribution is 2.25. The first-order chi connectivity index (χ1) is 13.2.